The lowest BCUT2D eigenvalue weighted by Crippen LogP contribution is -2.41. The molecule has 1 aliphatic heterocycles. The SMILES string of the molecule is CCS(=O)(=O)N1CCC(C(=O)OCC(C)(C)C)CC1. The lowest BCUT2D eigenvalue weighted by molar-refractivity contribution is -0.152. The third kappa shape index (κ3) is 5.10. The maximum Gasteiger partial charge on any atom is 0.309 e. The van der Waals surface area contributed by atoms with E-state index in [1.165, 1.54) is 4.31 Å². The van der Waals surface area contributed by atoms with Crippen LogP contribution in [0.5, 0.6) is 0 Å². The Kier molecular flexibility index (Phi) is 5.38. The standard InChI is InChI=1S/C13H25NO4S/c1-5-19(16,17)14-8-6-11(7-9-14)12(15)18-10-13(2,3)4/h11H,5-10H2,1-4H3. The molecule has 5 nitrogen and oxygen atoms in total. The Balaban J connectivity index is 2.44. The summed E-state index contributed by atoms with van der Waals surface area (Å²) >= 11 is 0. The van der Waals surface area contributed by atoms with Crippen molar-refractivity contribution < 1.29 is 17.9 Å². The Labute approximate surface area is 116 Å². The van der Waals surface area contributed by atoms with E-state index in [0.29, 0.717) is 32.5 Å². The number of piperidine rings is 1. The van der Waals surface area contributed by atoms with Crippen LogP contribution in [0.3, 0.4) is 0 Å². The van der Waals surface area contributed by atoms with Gasteiger partial charge in [-0.25, -0.2) is 12.7 Å². The lowest BCUT2D eigenvalue weighted by Gasteiger charge is -2.30. The molecule has 0 amide bonds. The van der Waals surface area contributed by atoms with Gasteiger partial charge in [-0.05, 0) is 25.2 Å². The summed E-state index contributed by atoms with van der Waals surface area (Å²) in [6, 6.07) is 0. The zero-order valence-electron chi connectivity index (χ0n) is 12.3. The van der Waals surface area contributed by atoms with Crippen LogP contribution in [-0.4, -0.2) is 44.1 Å². The molecule has 0 radical (unpaired) electrons. The number of carbonyl (C=O) groups excluding carboxylic acids is 1. The Morgan fingerprint density at radius 1 is 1.26 bits per heavy atom. The molecule has 1 saturated heterocycles. The van der Waals surface area contributed by atoms with Gasteiger partial charge in [-0.3, -0.25) is 4.79 Å². The smallest absolute Gasteiger partial charge is 0.309 e. The summed E-state index contributed by atoms with van der Waals surface area (Å²) in [5.41, 5.74) is -0.0398. The van der Waals surface area contributed by atoms with Gasteiger partial charge in [0.2, 0.25) is 10.0 Å². The molecule has 0 bridgehead atoms. The van der Waals surface area contributed by atoms with Crippen molar-refractivity contribution in [3.63, 3.8) is 0 Å². The predicted octanol–water partition coefficient (Wildman–Crippen LogP) is 1.64. The van der Waals surface area contributed by atoms with Gasteiger partial charge in [0.25, 0.3) is 0 Å². The summed E-state index contributed by atoms with van der Waals surface area (Å²) in [6.07, 6.45) is 1.12. The van der Waals surface area contributed by atoms with Gasteiger partial charge >= 0.3 is 5.97 Å². The van der Waals surface area contributed by atoms with Crippen LogP contribution in [0.4, 0.5) is 0 Å². The molecule has 6 heteroatoms. The highest BCUT2D eigenvalue weighted by atomic mass is 32.2. The summed E-state index contributed by atoms with van der Waals surface area (Å²) in [6.45, 7) is 8.92. The molecule has 0 aromatic heterocycles. The summed E-state index contributed by atoms with van der Waals surface area (Å²) in [4.78, 5) is 11.9. The van der Waals surface area contributed by atoms with Crippen LogP contribution in [0.1, 0.15) is 40.5 Å². The number of esters is 1. The van der Waals surface area contributed by atoms with Crippen molar-refractivity contribution in [3.05, 3.63) is 0 Å². The maximum atomic E-state index is 11.9. The van der Waals surface area contributed by atoms with E-state index in [4.69, 9.17) is 4.74 Å². The molecule has 0 saturated carbocycles. The molecule has 1 heterocycles. The summed E-state index contributed by atoms with van der Waals surface area (Å²) in [5.74, 6) is -0.235. The fourth-order valence-electron chi connectivity index (χ4n) is 1.96. The van der Waals surface area contributed by atoms with Crippen molar-refractivity contribution in [1.29, 1.82) is 0 Å². The zero-order chi connectivity index (χ0) is 14.7. The fourth-order valence-corrected chi connectivity index (χ4v) is 3.09. The van der Waals surface area contributed by atoms with Crippen LogP contribution in [0, 0.1) is 11.3 Å². The van der Waals surface area contributed by atoms with Crippen molar-refractivity contribution in [1.82, 2.24) is 4.31 Å². The maximum absolute atomic E-state index is 11.9. The van der Waals surface area contributed by atoms with Gasteiger partial charge in [0.15, 0.2) is 0 Å². The summed E-state index contributed by atoms with van der Waals surface area (Å²) in [7, 11) is -3.12. The molecule has 0 N–H and O–H groups in total. The van der Waals surface area contributed by atoms with E-state index in [1.807, 2.05) is 20.8 Å². The van der Waals surface area contributed by atoms with E-state index in [-0.39, 0.29) is 23.1 Å². The molecule has 1 aliphatic rings. The minimum Gasteiger partial charge on any atom is -0.465 e. The number of carbonyl (C=O) groups is 1. The minimum atomic E-state index is -3.12. The Morgan fingerprint density at radius 2 is 1.79 bits per heavy atom. The monoisotopic (exact) mass is 291 g/mol. The van der Waals surface area contributed by atoms with Crippen LogP contribution in [0.25, 0.3) is 0 Å². The van der Waals surface area contributed by atoms with Gasteiger partial charge in [-0.15, -0.1) is 0 Å². The molecular weight excluding hydrogens is 266 g/mol. The van der Waals surface area contributed by atoms with Crippen LogP contribution < -0.4 is 0 Å². The normalized spacial score (nSPS) is 19.4. The van der Waals surface area contributed by atoms with Gasteiger partial charge in [0.1, 0.15) is 0 Å². The first kappa shape index (κ1) is 16.4. The van der Waals surface area contributed by atoms with E-state index in [2.05, 4.69) is 0 Å². The molecule has 19 heavy (non-hydrogen) atoms. The lowest BCUT2D eigenvalue weighted by atomic mass is 9.97. The van der Waals surface area contributed by atoms with Gasteiger partial charge in [0, 0.05) is 13.1 Å². The second kappa shape index (κ2) is 6.22. The van der Waals surface area contributed by atoms with Crippen molar-refractivity contribution >= 4 is 16.0 Å². The minimum absolute atomic E-state index is 0.0398. The molecule has 0 aliphatic carbocycles. The fraction of sp³-hybridized carbons (Fsp3) is 0.923. The first-order valence-electron chi connectivity index (χ1n) is 6.80. The van der Waals surface area contributed by atoms with E-state index in [1.54, 1.807) is 6.92 Å². The van der Waals surface area contributed by atoms with E-state index in [0.717, 1.165) is 0 Å². The molecule has 0 atom stereocenters. The Morgan fingerprint density at radius 3 is 2.21 bits per heavy atom. The van der Waals surface area contributed by atoms with Crippen LogP contribution in [-0.2, 0) is 19.6 Å². The van der Waals surface area contributed by atoms with E-state index < -0.39 is 10.0 Å². The molecule has 1 rings (SSSR count). The summed E-state index contributed by atoms with van der Waals surface area (Å²) < 4.78 is 30.2. The van der Waals surface area contributed by atoms with Gasteiger partial charge in [-0.2, -0.15) is 0 Å². The van der Waals surface area contributed by atoms with Gasteiger partial charge < -0.3 is 4.74 Å². The van der Waals surface area contributed by atoms with Crippen molar-refractivity contribution in [3.8, 4) is 0 Å². The van der Waals surface area contributed by atoms with Crippen molar-refractivity contribution in [2.75, 3.05) is 25.4 Å². The van der Waals surface area contributed by atoms with Crippen LogP contribution >= 0.6 is 0 Å². The topological polar surface area (TPSA) is 63.7 Å². The molecule has 0 unspecified atom stereocenters. The number of hydrogen-bond acceptors (Lipinski definition) is 4. The number of ether oxygens (including phenoxy) is 1. The third-order valence-electron chi connectivity index (χ3n) is 3.19. The van der Waals surface area contributed by atoms with Crippen LogP contribution in [0.2, 0.25) is 0 Å². The number of rotatable bonds is 4. The van der Waals surface area contributed by atoms with Crippen molar-refractivity contribution in [2.45, 2.75) is 40.5 Å². The highest BCUT2D eigenvalue weighted by molar-refractivity contribution is 7.89. The average Bonchev–Trinajstić information content (AvgIpc) is 2.35. The average molecular weight is 291 g/mol. The molecule has 112 valence electrons. The number of hydrogen-bond donors (Lipinski definition) is 0. The predicted molar refractivity (Wildman–Crippen MR) is 74.2 cm³/mol. The van der Waals surface area contributed by atoms with Gasteiger partial charge in [0.05, 0.1) is 18.3 Å². The Hall–Kier alpha value is -0.620. The molecule has 0 aromatic carbocycles. The van der Waals surface area contributed by atoms with Crippen molar-refractivity contribution in [2.24, 2.45) is 11.3 Å². The Bertz CT molecular complexity index is 403. The van der Waals surface area contributed by atoms with Gasteiger partial charge in [-0.1, -0.05) is 20.8 Å². The molecule has 1 fully saturated rings. The third-order valence-corrected chi connectivity index (χ3v) is 5.07. The highest BCUT2D eigenvalue weighted by Gasteiger charge is 2.31. The second-order valence-corrected chi connectivity index (χ2v) is 8.50. The largest absolute Gasteiger partial charge is 0.465 e. The van der Waals surface area contributed by atoms with Crippen LogP contribution in [0.15, 0.2) is 0 Å². The molecule has 0 spiro atoms. The highest BCUT2D eigenvalue weighted by Crippen LogP contribution is 2.22. The number of nitrogens with zero attached hydrogens (tertiary/aromatic N) is 1. The summed E-state index contributed by atoms with van der Waals surface area (Å²) in [5, 5.41) is 0. The first-order chi connectivity index (χ1) is 8.65. The molecule has 0 aromatic rings. The zero-order valence-corrected chi connectivity index (χ0v) is 13.1. The number of sulfonamides is 1. The molecular formula is C13H25NO4S. The first-order valence-corrected chi connectivity index (χ1v) is 8.41. The van der Waals surface area contributed by atoms with E-state index in [9.17, 15) is 13.2 Å². The second-order valence-electron chi connectivity index (χ2n) is 6.24. The van der Waals surface area contributed by atoms with E-state index >= 15 is 0 Å². The quantitative estimate of drug-likeness (QED) is 0.739.